The zero-order valence-corrected chi connectivity index (χ0v) is 16.3. The highest BCUT2D eigenvalue weighted by Gasteiger charge is 2.26. The zero-order valence-electron chi connectivity index (χ0n) is 16.3. The lowest BCUT2D eigenvalue weighted by atomic mass is 9.93. The first kappa shape index (κ1) is 19.3. The van der Waals surface area contributed by atoms with Gasteiger partial charge in [0.25, 0.3) is 5.91 Å². The average molecular weight is 372 g/mol. The Kier molecular flexibility index (Phi) is 6.39. The average Bonchev–Trinajstić information content (AvgIpc) is 3.08. The van der Waals surface area contributed by atoms with Crippen molar-refractivity contribution in [2.45, 2.75) is 33.1 Å². The molecular weight excluding hydrogens is 344 g/mol. The maximum atomic E-state index is 12.9. The second kappa shape index (κ2) is 8.94. The zero-order chi connectivity index (χ0) is 19.2. The Bertz CT molecular complexity index is 750. The summed E-state index contributed by atoms with van der Waals surface area (Å²) in [6.07, 6.45) is 4.92. The van der Waals surface area contributed by atoms with Crippen LogP contribution in [0.3, 0.4) is 0 Å². The number of hydrogen-bond donors (Lipinski definition) is 1. The molecule has 0 aromatic carbocycles. The van der Waals surface area contributed by atoms with Crippen LogP contribution in [-0.2, 0) is 0 Å². The molecule has 1 aliphatic rings. The van der Waals surface area contributed by atoms with E-state index in [1.165, 1.54) is 6.42 Å². The van der Waals surface area contributed by atoms with E-state index in [2.05, 4.69) is 20.6 Å². The van der Waals surface area contributed by atoms with Gasteiger partial charge < -0.3 is 15.0 Å². The van der Waals surface area contributed by atoms with Gasteiger partial charge in [0, 0.05) is 19.2 Å². The molecule has 0 spiro atoms. The molecule has 1 fully saturated rings. The summed E-state index contributed by atoms with van der Waals surface area (Å²) in [6.45, 7) is 6.97. The number of nitrogens with one attached hydrogen (secondary N) is 1. The van der Waals surface area contributed by atoms with Crippen molar-refractivity contribution >= 4 is 5.91 Å². The molecule has 8 nitrogen and oxygen atoms in total. The predicted octanol–water partition coefficient (Wildman–Crippen LogP) is 1.83. The monoisotopic (exact) mass is 372 g/mol. The first-order chi connectivity index (χ1) is 13.1. The number of carbonyl (C=O) groups excluding carboxylic acids is 1. The van der Waals surface area contributed by atoms with Gasteiger partial charge >= 0.3 is 0 Å². The summed E-state index contributed by atoms with van der Waals surface area (Å²) in [5, 5.41) is 15.7. The normalized spacial score (nSPS) is 15.1. The Balaban J connectivity index is 1.67. The topological polar surface area (TPSA) is 85.2 Å². The molecule has 0 unspecified atom stereocenters. The summed E-state index contributed by atoms with van der Waals surface area (Å²) in [5.41, 5.74) is 1.40. The molecule has 1 amide bonds. The van der Waals surface area contributed by atoms with E-state index in [9.17, 15) is 4.79 Å². The second-order valence-corrected chi connectivity index (χ2v) is 6.85. The van der Waals surface area contributed by atoms with Crippen molar-refractivity contribution in [1.29, 1.82) is 0 Å². The Morgan fingerprint density at radius 1 is 1.30 bits per heavy atom. The highest BCUT2D eigenvalue weighted by molar-refractivity contribution is 5.95. The number of aromatic nitrogens is 4. The maximum absolute atomic E-state index is 12.9. The van der Waals surface area contributed by atoms with Crippen LogP contribution in [0.5, 0.6) is 5.88 Å². The van der Waals surface area contributed by atoms with E-state index in [-0.39, 0.29) is 5.91 Å². The van der Waals surface area contributed by atoms with Crippen LogP contribution >= 0.6 is 0 Å². The molecule has 2 aromatic heterocycles. The summed E-state index contributed by atoms with van der Waals surface area (Å²) in [6, 6.07) is 3.55. The summed E-state index contributed by atoms with van der Waals surface area (Å²) >= 11 is 0. The number of nitrogens with zero attached hydrogens (tertiary/aromatic N) is 5. The van der Waals surface area contributed by atoms with Gasteiger partial charge in [-0.2, -0.15) is 5.10 Å². The van der Waals surface area contributed by atoms with Crippen LogP contribution in [0.4, 0.5) is 0 Å². The first-order valence-corrected chi connectivity index (χ1v) is 9.59. The Hall–Kier alpha value is -2.48. The minimum absolute atomic E-state index is 0.0460. The van der Waals surface area contributed by atoms with E-state index >= 15 is 0 Å². The fraction of sp³-hybridized carbons (Fsp3) is 0.579. The third-order valence-electron chi connectivity index (χ3n) is 5.08. The molecule has 1 N–H and O–H groups in total. The largest absolute Gasteiger partial charge is 0.477 e. The number of piperidine rings is 1. The molecule has 27 heavy (non-hydrogen) atoms. The highest BCUT2D eigenvalue weighted by atomic mass is 16.5. The molecule has 2 aromatic rings. The van der Waals surface area contributed by atoms with E-state index < -0.39 is 0 Å². The van der Waals surface area contributed by atoms with E-state index in [1.54, 1.807) is 23.0 Å². The molecule has 1 saturated heterocycles. The Labute approximate surface area is 159 Å². The van der Waals surface area contributed by atoms with Crippen molar-refractivity contribution in [3.8, 4) is 11.7 Å². The van der Waals surface area contributed by atoms with Crippen molar-refractivity contribution in [2.75, 3.05) is 33.3 Å². The molecular formula is C19H28N6O2. The fourth-order valence-electron chi connectivity index (χ4n) is 3.44. The minimum Gasteiger partial charge on any atom is -0.477 e. The Morgan fingerprint density at radius 3 is 2.70 bits per heavy atom. The number of ether oxygens (including phenoxy) is 1. The van der Waals surface area contributed by atoms with Crippen LogP contribution in [0.15, 0.2) is 18.3 Å². The lowest BCUT2D eigenvalue weighted by Crippen LogP contribution is -2.39. The number of hydrogen-bond acceptors (Lipinski definition) is 6. The molecule has 0 atom stereocenters. The molecule has 0 bridgehead atoms. The molecule has 1 aliphatic heterocycles. The lowest BCUT2D eigenvalue weighted by molar-refractivity contribution is 0.0686. The van der Waals surface area contributed by atoms with Crippen molar-refractivity contribution in [1.82, 2.24) is 30.2 Å². The van der Waals surface area contributed by atoms with E-state index in [1.807, 2.05) is 25.8 Å². The van der Waals surface area contributed by atoms with Crippen molar-refractivity contribution < 1.29 is 9.53 Å². The van der Waals surface area contributed by atoms with Gasteiger partial charge in [-0.25, -0.2) is 4.68 Å². The summed E-state index contributed by atoms with van der Waals surface area (Å²) in [5.74, 6) is 1.79. The number of amides is 1. The predicted molar refractivity (Wildman–Crippen MR) is 102 cm³/mol. The molecule has 8 heteroatoms. The van der Waals surface area contributed by atoms with Crippen molar-refractivity contribution in [3.05, 3.63) is 29.6 Å². The van der Waals surface area contributed by atoms with Gasteiger partial charge in [0.1, 0.15) is 0 Å². The highest BCUT2D eigenvalue weighted by Crippen LogP contribution is 2.23. The van der Waals surface area contributed by atoms with Crippen LogP contribution < -0.4 is 10.1 Å². The van der Waals surface area contributed by atoms with Gasteiger partial charge in [0.05, 0.1) is 24.1 Å². The smallest absolute Gasteiger partial charge is 0.257 e. The van der Waals surface area contributed by atoms with Crippen LogP contribution in [0, 0.1) is 12.8 Å². The summed E-state index contributed by atoms with van der Waals surface area (Å²) < 4.78 is 6.96. The van der Waals surface area contributed by atoms with Gasteiger partial charge in [-0.1, -0.05) is 0 Å². The third-order valence-corrected chi connectivity index (χ3v) is 5.08. The Morgan fingerprint density at radius 2 is 2.07 bits per heavy atom. The summed E-state index contributed by atoms with van der Waals surface area (Å²) in [4.78, 5) is 14.9. The van der Waals surface area contributed by atoms with Crippen molar-refractivity contribution in [2.24, 2.45) is 5.92 Å². The first-order valence-electron chi connectivity index (χ1n) is 9.59. The standard InChI is InChI=1S/C19H28N6O2/c1-4-27-18-6-5-17(22-23-18)25-14(2)16(13-21-25)19(26)24-11-8-15(9-12-24)7-10-20-3/h5-6,13,15,20H,4,7-12H2,1-3H3. The van der Waals surface area contributed by atoms with Crippen LogP contribution in [0.25, 0.3) is 5.82 Å². The van der Waals surface area contributed by atoms with Gasteiger partial charge in [-0.3, -0.25) is 4.79 Å². The molecule has 0 saturated carbocycles. The van der Waals surface area contributed by atoms with E-state index in [0.29, 0.717) is 29.8 Å². The molecule has 0 radical (unpaired) electrons. The fourth-order valence-corrected chi connectivity index (χ4v) is 3.44. The third kappa shape index (κ3) is 4.44. The minimum atomic E-state index is 0.0460. The SMILES string of the molecule is CCOc1ccc(-n2ncc(C(=O)N3CCC(CCNC)CC3)c2C)nn1. The number of likely N-dealkylation sites (tertiary alicyclic amines) is 1. The van der Waals surface area contributed by atoms with Crippen molar-refractivity contribution in [3.63, 3.8) is 0 Å². The number of carbonyl (C=O) groups is 1. The molecule has 3 rings (SSSR count). The summed E-state index contributed by atoms with van der Waals surface area (Å²) in [7, 11) is 1.98. The molecule has 146 valence electrons. The van der Waals surface area contributed by atoms with Gasteiger partial charge in [-0.15, -0.1) is 10.2 Å². The molecule has 0 aliphatic carbocycles. The van der Waals surface area contributed by atoms with Gasteiger partial charge in [0.15, 0.2) is 5.82 Å². The van der Waals surface area contributed by atoms with E-state index in [0.717, 1.165) is 38.2 Å². The second-order valence-electron chi connectivity index (χ2n) is 6.85. The van der Waals surface area contributed by atoms with Gasteiger partial charge in [-0.05, 0) is 58.7 Å². The lowest BCUT2D eigenvalue weighted by Gasteiger charge is -2.32. The maximum Gasteiger partial charge on any atom is 0.257 e. The quantitative estimate of drug-likeness (QED) is 0.798. The van der Waals surface area contributed by atoms with Crippen LogP contribution in [-0.4, -0.2) is 64.1 Å². The van der Waals surface area contributed by atoms with E-state index in [4.69, 9.17) is 4.74 Å². The van der Waals surface area contributed by atoms with Crippen LogP contribution in [0.1, 0.15) is 42.2 Å². The molecule has 3 heterocycles. The number of rotatable bonds is 7. The van der Waals surface area contributed by atoms with Crippen LogP contribution in [0.2, 0.25) is 0 Å². The van der Waals surface area contributed by atoms with Gasteiger partial charge in [0.2, 0.25) is 5.88 Å².